The van der Waals surface area contributed by atoms with Gasteiger partial charge in [-0.05, 0) is 26.0 Å². The van der Waals surface area contributed by atoms with Crippen molar-refractivity contribution in [2.45, 2.75) is 19.4 Å². The fourth-order valence-corrected chi connectivity index (χ4v) is 3.73. The minimum Gasteiger partial charge on any atom is -0.360 e. The Hall–Kier alpha value is -1.25. The Bertz CT molecular complexity index is 725. The number of benzene rings is 1. The smallest absolute Gasteiger partial charge is 0.209 e. The molecular weight excluding hydrogens is 301 g/mol. The summed E-state index contributed by atoms with van der Waals surface area (Å²) in [6, 6.07) is 4.43. The zero-order valence-corrected chi connectivity index (χ0v) is 13.0. The zero-order chi connectivity index (χ0) is 15.0. The van der Waals surface area contributed by atoms with Crippen molar-refractivity contribution in [2.24, 2.45) is 0 Å². The lowest BCUT2D eigenvalue weighted by Gasteiger charge is -2.25. The second-order valence-electron chi connectivity index (χ2n) is 5.24. The number of hydrogen-bond acceptors (Lipinski definition) is 5. The van der Waals surface area contributed by atoms with Gasteiger partial charge in [-0.2, -0.15) is 0 Å². The Morgan fingerprint density at radius 3 is 2.75 bits per heavy atom. The van der Waals surface area contributed by atoms with E-state index in [-0.39, 0.29) is 5.82 Å². The van der Waals surface area contributed by atoms with Gasteiger partial charge in [0.15, 0.2) is 5.13 Å². The van der Waals surface area contributed by atoms with E-state index in [9.17, 15) is 12.8 Å². The van der Waals surface area contributed by atoms with Crippen molar-refractivity contribution in [2.75, 3.05) is 18.1 Å². The summed E-state index contributed by atoms with van der Waals surface area (Å²) in [6.45, 7) is 3.92. The average molecular weight is 317 g/mol. The molecule has 5 nitrogen and oxygen atoms in total. The number of halogens is 1. The van der Waals surface area contributed by atoms with Crippen LogP contribution < -0.4 is 10.0 Å². The molecule has 0 spiro atoms. The van der Waals surface area contributed by atoms with Crippen LogP contribution in [0.1, 0.15) is 13.8 Å². The van der Waals surface area contributed by atoms with Crippen molar-refractivity contribution in [3.63, 3.8) is 0 Å². The molecule has 0 atom stereocenters. The summed E-state index contributed by atoms with van der Waals surface area (Å²) in [5.74, 6) is -0.326. The number of thiazole rings is 1. The van der Waals surface area contributed by atoms with Crippen LogP contribution in [-0.2, 0) is 10.0 Å². The predicted molar refractivity (Wildman–Crippen MR) is 80.1 cm³/mol. The van der Waals surface area contributed by atoms with Crippen LogP contribution in [0.2, 0.25) is 0 Å². The molecule has 0 saturated heterocycles. The number of hydrogen-bond donors (Lipinski definition) is 2. The predicted octanol–water partition coefficient (Wildman–Crippen LogP) is 2.18. The number of sulfonamides is 1. The van der Waals surface area contributed by atoms with Crippen LogP contribution >= 0.6 is 11.3 Å². The van der Waals surface area contributed by atoms with E-state index in [4.69, 9.17) is 0 Å². The third kappa shape index (κ3) is 4.12. The highest BCUT2D eigenvalue weighted by Gasteiger charge is 2.22. The molecule has 20 heavy (non-hydrogen) atoms. The van der Waals surface area contributed by atoms with Gasteiger partial charge in [-0.1, -0.05) is 11.3 Å². The number of fused-ring (bicyclic) bond motifs is 1. The molecule has 0 radical (unpaired) electrons. The monoisotopic (exact) mass is 317 g/mol. The molecular formula is C12H16FN3O2S2. The van der Waals surface area contributed by atoms with Crippen LogP contribution in [0.4, 0.5) is 9.52 Å². The normalized spacial score (nSPS) is 12.8. The minimum absolute atomic E-state index is 0.326. The lowest BCUT2D eigenvalue weighted by molar-refractivity contribution is 0.476. The van der Waals surface area contributed by atoms with Gasteiger partial charge in [-0.25, -0.2) is 22.5 Å². The van der Waals surface area contributed by atoms with Gasteiger partial charge >= 0.3 is 0 Å². The van der Waals surface area contributed by atoms with Crippen LogP contribution in [0.5, 0.6) is 0 Å². The molecule has 0 aliphatic heterocycles. The summed E-state index contributed by atoms with van der Waals surface area (Å²) in [6.07, 6.45) is 1.12. The molecule has 2 rings (SSSR count). The summed E-state index contributed by atoms with van der Waals surface area (Å²) < 4.78 is 39.0. The standard InChI is InChI=1S/C12H16FN3O2S2/c1-12(2,16-20(3,17)18)7-14-11-15-9-6-8(13)4-5-10(9)19-11/h4-6,16H,7H2,1-3H3,(H,14,15). The largest absolute Gasteiger partial charge is 0.360 e. The minimum atomic E-state index is -3.27. The Kier molecular flexibility index (Phi) is 3.99. The summed E-state index contributed by atoms with van der Waals surface area (Å²) in [4.78, 5) is 4.26. The average Bonchev–Trinajstić information content (AvgIpc) is 2.65. The van der Waals surface area contributed by atoms with E-state index in [1.54, 1.807) is 19.9 Å². The lowest BCUT2D eigenvalue weighted by Crippen LogP contribution is -2.47. The van der Waals surface area contributed by atoms with E-state index >= 15 is 0 Å². The molecule has 0 aliphatic carbocycles. The van der Waals surface area contributed by atoms with Gasteiger partial charge in [-0.3, -0.25) is 0 Å². The second-order valence-corrected chi connectivity index (χ2v) is 8.02. The van der Waals surface area contributed by atoms with Gasteiger partial charge < -0.3 is 5.32 Å². The fraction of sp³-hybridized carbons (Fsp3) is 0.417. The number of rotatable bonds is 5. The Balaban J connectivity index is 2.09. The first kappa shape index (κ1) is 15.1. The van der Waals surface area contributed by atoms with Crippen molar-refractivity contribution >= 4 is 36.7 Å². The van der Waals surface area contributed by atoms with Gasteiger partial charge in [0, 0.05) is 18.2 Å². The quantitative estimate of drug-likeness (QED) is 0.886. The van der Waals surface area contributed by atoms with Crippen molar-refractivity contribution in [1.82, 2.24) is 9.71 Å². The highest BCUT2D eigenvalue weighted by molar-refractivity contribution is 7.88. The number of nitrogens with one attached hydrogen (secondary N) is 2. The van der Waals surface area contributed by atoms with Crippen molar-refractivity contribution in [3.05, 3.63) is 24.0 Å². The maximum Gasteiger partial charge on any atom is 0.209 e. The van der Waals surface area contributed by atoms with Crippen LogP contribution in [0.25, 0.3) is 10.2 Å². The molecule has 0 amide bonds. The summed E-state index contributed by atoms with van der Waals surface area (Å²) in [5, 5.41) is 3.71. The first-order valence-corrected chi connectivity index (χ1v) is 8.64. The highest BCUT2D eigenvalue weighted by Crippen LogP contribution is 2.26. The molecule has 8 heteroatoms. The maximum atomic E-state index is 13.1. The zero-order valence-electron chi connectivity index (χ0n) is 11.4. The molecule has 1 heterocycles. The van der Waals surface area contributed by atoms with E-state index in [2.05, 4.69) is 15.0 Å². The molecule has 1 aromatic heterocycles. The Morgan fingerprint density at radius 2 is 2.10 bits per heavy atom. The second kappa shape index (κ2) is 5.27. The van der Waals surface area contributed by atoms with Gasteiger partial charge in [0.05, 0.1) is 16.5 Å². The van der Waals surface area contributed by atoms with Crippen LogP contribution in [-0.4, -0.2) is 31.7 Å². The van der Waals surface area contributed by atoms with Crippen molar-refractivity contribution < 1.29 is 12.8 Å². The number of anilines is 1. The molecule has 2 N–H and O–H groups in total. The van der Waals surface area contributed by atoms with E-state index in [0.717, 1.165) is 11.0 Å². The summed E-state index contributed by atoms with van der Waals surface area (Å²) in [5.41, 5.74) is -0.0529. The maximum absolute atomic E-state index is 13.1. The van der Waals surface area contributed by atoms with Crippen molar-refractivity contribution in [3.8, 4) is 0 Å². The van der Waals surface area contributed by atoms with Gasteiger partial charge in [-0.15, -0.1) is 0 Å². The number of aromatic nitrogens is 1. The number of nitrogens with zero attached hydrogens (tertiary/aromatic N) is 1. The third-order valence-electron chi connectivity index (χ3n) is 2.49. The summed E-state index contributed by atoms with van der Waals surface area (Å²) in [7, 11) is -3.27. The van der Waals surface area contributed by atoms with E-state index < -0.39 is 15.6 Å². The molecule has 0 bridgehead atoms. The molecule has 110 valence electrons. The Morgan fingerprint density at radius 1 is 1.40 bits per heavy atom. The Labute approximate surface area is 121 Å². The van der Waals surface area contributed by atoms with Crippen LogP contribution in [0.3, 0.4) is 0 Å². The van der Waals surface area contributed by atoms with Gasteiger partial charge in [0.1, 0.15) is 5.82 Å². The van der Waals surface area contributed by atoms with E-state index in [1.165, 1.54) is 23.5 Å². The molecule has 0 aliphatic rings. The third-order valence-corrected chi connectivity index (χ3v) is 4.41. The van der Waals surface area contributed by atoms with Crippen LogP contribution in [0, 0.1) is 5.82 Å². The summed E-state index contributed by atoms with van der Waals surface area (Å²) >= 11 is 1.40. The molecule has 0 fully saturated rings. The lowest BCUT2D eigenvalue weighted by atomic mass is 10.1. The SMILES string of the molecule is CC(C)(CNc1nc2cc(F)ccc2s1)NS(C)(=O)=O. The molecule has 1 aromatic carbocycles. The van der Waals surface area contributed by atoms with E-state index in [0.29, 0.717) is 17.2 Å². The van der Waals surface area contributed by atoms with Crippen LogP contribution in [0.15, 0.2) is 18.2 Å². The molecule has 2 aromatic rings. The first-order chi connectivity index (χ1) is 9.15. The van der Waals surface area contributed by atoms with Gasteiger partial charge in [0.25, 0.3) is 0 Å². The van der Waals surface area contributed by atoms with Crippen molar-refractivity contribution in [1.29, 1.82) is 0 Å². The first-order valence-electron chi connectivity index (χ1n) is 5.94. The van der Waals surface area contributed by atoms with E-state index in [1.807, 2.05) is 0 Å². The molecule has 0 unspecified atom stereocenters. The highest BCUT2D eigenvalue weighted by atomic mass is 32.2. The topological polar surface area (TPSA) is 71.1 Å². The van der Waals surface area contributed by atoms with Gasteiger partial charge in [0.2, 0.25) is 10.0 Å². The molecule has 0 saturated carbocycles. The fourth-order valence-electron chi connectivity index (χ4n) is 1.81.